The molecule has 166 valence electrons. The largest absolute Gasteiger partial charge is 0.506 e. The Kier molecular flexibility index (Phi) is 7.57. The number of rotatable bonds is 7. The van der Waals surface area contributed by atoms with Crippen molar-refractivity contribution >= 4 is 58.3 Å². The first-order chi connectivity index (χ1) is 15.3. The van der Waals surface area contributed by atoms with Gasteiger partial charge in [0.05, 0.1) is 31.0 Å². The van der Waals surface area contributed by atoms with Crippen LogP contribution in [0.15, 0.2) is 46.9 Å². The molecule has 3 N–H and O–H groups in total. The Morgan fingerprint density at radius 1 is 1.09 bits per heavy atom. The standard InChI is InChI=1S/C21H17Cl2N3O5S/c1-30-17-8-13(25-21(29)14-10-32-19(23)18(14)31-2)5-3-12(17)9-24-26-20(28)11-4-6-16(27)15(22)7-11/h3-10,27H,1-2H3,(H,25,29)(H,26,28)/b24-9+. The van der Waals surface area contributed by atoms with Crippen molar-refractivity contribution in [1.29, 1.82) is 0 Å². The second-order valence-corrected chi connectivity index (χ2v) is 8.12. The minimum absolute atomic E-state index is 0.0586. The Bertz CT molecular complexity index is 1200. The third-order valence-electron chi connectivity index (χ3n) is 4.22. The van der Waals surface area contributed by atoms with Crippen LogP contribution in [0.4, 0.5) is 5.69 Å². The molecule has 0 aliphatic rings. The molecule has 0 spiro atoms. The maximum atomic E-state index is 12.5. The Labute approximate surface area is 197 Å². The minimum Gasteiger partial charge on any atom is -0.506 e. The highest BCUT2D eigenvalue weighted by Crippen LogP contribution is 2.35. The summed E-state index contributed by atoms with van der Waals surface area (Å²) in [6.45, 7) is 0. The third-order valence-corrected chi connectivity index (χ3v) is 5.71. The van der Waals surface area contributed by atoms with Gasteiger partial charge in [-0.2, -0.15) is 5.10 Å². The molecule has 0 radical (unpaired) electrons. The van der Waals surface area contributed by atoms with Gasteiger partial charge in [-0.25, -0.2) is 5.43 Å². The van der Waals surface area contributed by atoms with Crippen molar-refractivity contribution in [3.63, 3.8) is 0 Å². The zero-order valence-electron chi connectivity index (χ0n) is 16.8. The van der Waals surface area contributed by atoms with Crippen molar-refractivity contribution in [3.05, 3.63) is 67.8 Å². The molecule has 0 bridgehead atoms. The summed E-state index contributed by atoms with van der Waals surface area (Å²) < 4.78 is 10.9. The van der Waals surface area contributed by atoms with Gasteiger partial charge in [0.1, 0.15) is 15.8 Å². The summed E-state index contributed by atoms with van der Waals surface area (Å²) in [6, 6.07) is 9.00. The number of halogens is 2. The minimum atomic E-state index is -0.505. The Balaban J connectivity index is 1.70. The molecule has 0 saturated carbocycles. The summed E-state index contributed by atoms with van der Waals surface area (Å²) in [5.41, 5.74) is 3.97. The SMILES string of the molecule is COc1cc(NC(=O)c2csc(Cl)c2OC)ccc1/C=N/NC(=O)c1ccc(O)c(Cl)c1. The fourth-order valence-corrected chi connectivity index (χ4v) is 3.87. The predicted octanol–water partition coefficient (Wildman–Crippen LogP) is 4.79. The molecule has 3 rings (SSSR count). The molecule has 3 aromatic rings. The maximum absolute atomic E-state index is 12.5. The van der Waals surface area contributed by atoms with E-state index in [1.807, 2.05) is 0 Å². The number of nitrogens with zero attached hydrogens (tertiary/aromatic N) is 1. The second-order valence-electron chi connectivity index (χ2n) is 6.23. The monoisotopic (exact) mass is 493 g/mol. The van der Waals surface area contributed by atoms with E-state index in [1.165, 1.54) is 50.0 Å². The quantitative estimate of drug-likeness (QED) is 0.323. The Morgan fingerprint density at radius 2 is 1.88 bits per heavy atom. The Hall–Kier alpha value is -3.27. The number of phenols is 1. The maximum Gasteiger partial charge on any atom is 0.271 e. The topological polar surface area (TPSA) is 109 Å². The smallest absolute Gasteiger partial charge is 0.271 e. The zero-order chi connectivity index (χ0) is 23.3. The van der Waals surface area contributed by atoms with E-state index in [1.54, 1.807) is 23.6 Å². The van der Waals surface area contributed by atoms with E-state index < -0.39 is 5.91 Å². The number of anilines is 1. The molecule has 0 unspecified atom stereocenters. The molecule has 2 aromatic carbocycles. The van der Waals surface area contributed by atoms with E-state index in [0.717, 1.165) is 0 Å². The molecule has 32 heavy (non-hydrogen) atoms. The predicted molar refractivity (Wildman–Crippen MR) is 125 cm³/mol. The van der Waals surface area contributed by atoms with Crippen LogP contribution in [0.25, 0.3) is 0 Å². The lowest BCUT2D eigenvalue weighted by atomic mass is 10.2. The van der Waals surface area contributed by atoms with Crippen molar-refractivity contribution in [2.24, 2.45) is 5.10 Å². The number of hydrogen-bond donors (Lipinski definition) is 3. The number of hydrogen-bond acceptors (Lipinski definition) is 7. The van der Waals surface area contributed by atoms with Crippen molar-refractivity contribution in [2.75, 3.05) is 19.5 Å². The number of thiophene rings is 1. The van der Waals surface area contributed by atoms with E-state index in [-0.39, 0.29) is 22.2 Å². The average Bonchev–Trinajstić information content (AvgIpc) is 3.16. The molecule has 2 amide bonds. The van der Waals surface area contributed by atoms with E-state index >= 15 is 0 Å². The van der Waals surface area contributed by atoms with Crippen LogP contribution in [0.2, 0.25) is 9.36 Å². The lowest BCUT2D eigenvalue weighted by Crippen LogP contribution is -2.17. The molecule has 0 atom stereocenters. The molecular formula is C21H17Cl2N3O5S. The second kappa shape index (κ2) is 10.4. The Morgan fingerprint density at radius 3 is 2.56 bits per heavy atom. The van der Waals surface area contributed by atoms with E-state index in [4.69, 9.17) is 32.7 Å². The molecule has 0 saturated heterocycles. The van der Waals surface area contributed by atoms with Gasteiger partial charge < -0.3 is 19.9 Å². The van der Waals surface area contributed by atoms with Gasteiger partial charge in [0.25, 0.3) is 11.8 Å². The highest BCUT2D eigenvalue weighted by Gasteiger charge is 2.18. The third kappa shape index (κ3) is 5.31. The van der Waals surface area contributed by atoms with Crippen molar-refractivity contribution in [1.82, 2.24) is 5.43 Å². The van der Waals surface area contributed by atoms with E-state index in [9.17, 15) is 14.7 Å². The van der Waals surface area contributed by atoms with Gasteiger partial charge >= 0.3 is 0 Å². The summed E-state index contributed by atoms with van der Waals surface area (Å²) in [6.07, 6.45) is 1.39. The van der Waals surface area contributed by atoms with E-state index in [0.29, 0.717) is 32.6 Å². The normalized spacial score (nSPS) is 10.8. The fourth-order valence-electron chi connectivity index (χ4n) is 2.64. The summed E-state index contributed by atoms with van der Waals surface area (Å²) in [5, 5.41) is 17.8. The number of methoxy groups -OCH3 is 2. The molecule has 8 nitrogen and oxygen atoms in total. The summed E-state index contributed by atoms with van der Waals surface area (Å²) in [7, 11) is 2.91. The first-order valence-electron chi connectivity index (χ1n) is 8.96. The van der Waals surface area contributed by atoms with Gasteiger partial charge in [-0.1, -0.05) is 23.2 Å². The van der Waals surface area contributed by atoms with Gasteiger partial charge in [-0.3, -0.25) is 9.59 Å². The highest BCUT2D eigenvalue weighted by molar-refractivity contribution is 7.15. The lowest BCUT2D eigenvalue weighted by molar-refractivity contribution is 0.0954. The number of hydrazone groups is 1. The van der Waals surface area contributed by atoms with Gasteiger partial charge in [0.2, 0.25) is 0 Å². The van der Waals surface area contributed by atoms with Gasteiger partial charge in [-0.05, 0) is 30.3 Å². The van der Waals surface area contributed by atoms with Crippen LogP contribution in [-0.2, 0) is 0 Å². The van der Waals surface area contributed by atoms with Gasteiger partial charge in [0, 0.05) is 28.3 Å². The fraction of sp³-hybridized carbons (Fsp3) is 0.0952. The molecule has 0 fully saturated rings. The summed E-state index contributed by atoms with van der Waals surface area (Å²) in [4.78, 5) is 24.7. The van der Waals surface area contributed by atoms with Crippen LogP contribution in [0.5, 0.6) is 17.2 Å². The molecule has 0 aliphatic heterocycles. The first-order valence-corrected chi connectivity index (χ1v) is 10.6. The number of phenolic OH excluding ortho intramolecular Hbond substituents is 1. The van der Waals surface area contributed by atoms with Crippen LogP contribution >= 0.6 is 34.5 Å². The van der Waals surface area contributed by atoms with E-state index in [2.05, 4.69) is 15.8 Å². The van der Waals surface area contributed by atoms with Crippen LogP contribution in [0.1, 0.15) is 26.3 Å². The van der Waals surface area contributed by atoms with Gasteiger partial charge in [0.15, 0.2) is 5.75 Å². The molecular weight excluding hydrogens is 477 g/mol. The number of benzene rings is 2. The van der Waals surface area contributed by atoms with Crippen molar-refractivity contribution < 1.29 is 24.2 Å². The molecule has 11 heteroatoms. The zero-order valence-corrected chi connectivity index (χ0v) is 19.1. The average molecular weight is 494 g/mol. The highest BCUT2D eigenvalue weighted by atomic mass is 35.5. The number of carbonyl (C=O) groups is 2. The molecule has 1 aromatic heterocycles. The lowest BCUT2D eigenvalue weighted by Gasteiger charge is -2.10. The van der Waals surface area contributed by atoms with Crippen LogP contribution in [-0.4, -0.2) is 37.4 Å². The first kappa shape index (κ1) is 23.4. The molecule has 1 heterocycles. The number of aromatic hydroxyl groups is 1. The van der Waals surface area contributed by atoms with Crippen LogP contribution < -0.4 is 20.2 Å². The summed E-state index contributed by atoms with van der Waals surface area (Å²) in [5.74, 6) is -0.272. The van der Waals surface area contributed by atoms with Crippen molar-refractivity contribution in [3.8, 4) is 17.2 Å². The molecule has 0 aliphatic carbocycles. The number of ether oxygens (including phenoxy) is 2. The van der Waals surface area contributed by atoms with Gasteiger partial charge in [-0.15, -0.1) is 11.3 Å². The van der Waals surface area contributed by atoms with Crippen molar-refractivity contribution in [2.45, 2.75) is 0 Å². The van der Waals surface area contributed by atoms with Crippen LogP contribution in [0, 0.1) is 0 Å². The summed E-state index contributed by atoms with van der Waals surface area (Å²) >= 11 is 13.0. The van der Waals surface area contributed by atoms with Crippen LogP contribution in [0.3, 0.4) is 0 Å². The number of nitrogens with one attached hydrogen (secondary N) is 2. The number of amides is 2. The number of carbonyl (C=O) groups excluding carboxylic acids is 2.